The molecule has 0 aliphatic carbocycles. The summed E-state index contributed by atoms with van der Waals surface area (Å²) < 4.78 is 42.9. The van der Waals surface area contributed by atoms with Crippen molar-refractivity contribution in [3.8, 4) is 34.5 Å². The fourth-order valence-corrected chi connectivity index (χ4v) is 4.95. The Morgan fingerprint density at radius 3 is 1.63 bits per heavy atom. The van der Waals surface area contributed by atoms with Gasteiger partial charge >= 0.3 is 11.9 Å². The molecule has 0 aromatic heterocycles. The summed E-state index contributed by atoms with van der Waals surface area (Å²) in [5.41, 5.74) is 0.676. The molecule has 1 N–H and O–H groups in total. The molecule has 0 bridgehead atoms. The number of carbonyl (C=O) groups excluding carboxylic acids is 2. The Kier molecular flexibility index (Phi) is 13.5. The summed E-state index contributed by atoms with van der Waals surface area (Å²) in [5.74, 6) is 1.56. The normalized spacial score (nSPS) is 15.2. The third-order valence-corrected chi connectivity index (χ3v) is 7.21. The molecule has 0 saturated carbocycles. The van der Waals surface area contributed by atoms with E-state index in [-0.39, 0.29) is 0 Å². The quantitative estimate of drug-likeness (QED) is 0.221. The van der Waals surface area contributed by atoms with Gasteiger partial charge in [-0.2, -0.15) is 0 Å². The zero-order valence-electron chi connectivity index (χ0n) is 26.0. The number of nitrogens with one attached hydrogen (secondary N) is 1. The van der Waals surface area contributed by atoms with Crippen molar-refractivity contribution in [1.29, 1.82) is 0 Å². The molecule has 43 heavy (non-hydrogen) atoms. The van der Waals surface area contributed by atoms with E-state index in [1.165, 1.54) is 42.7 Å². The molecule has 0 amide bonds. The first kappa shape index (κ1) is 33.6. The van der Waals surface area contributed by atoms with Gasteiger partial charge in [0.25, 0.3) is 0 Å². The predicted octanol–water partition coefficient (Wildman–Crippen LogP) is 3.93. The van der Waals surface area contributed by atoms with E-state index in [2.05, 4.69) is 10.2 Å². The highest BCUT2D eigenvalue weighted by Crippen LogP contribution is 2.39. The molecular weight excluding hydrogens is 560 g/mol. The zero-order valence-corrected chi connectivity index (χ0v) is 26.0. The molecule has 1 fully saturated rings. The number of hydrogen-bond acceptors (Lipinski definition) is 12. The van der Waals surface area contributed by atoms with Crippen LogP contribution in [0.5, 0.6) is 34.5 Å². The van der Waals surface area contributed by atoms with E-state index < -0.39 is 11.9 Å². The standard InChI is InChI=1S/C31H44N2O10/c1-36-24-16-21(17-25(37-2)28(24)40-5)30(34)42-14-8-11-23-10-7-12-33(20-32-23)13-9-15-43-31(35)22-18-26(38-3)29(41-6)27(19-22)39-4/h16-19,23,32H,7-15,20H2,1-6H3. The van der Waals surface area contributed by atoms with E-state index in [1.807, 2.05) is 0 Å². The molecule has 1 aliphatic rings. The first-order valence-electron chi connectivity index (χ1n) is 14.3. The second kappa shape index (κ2) is 17.3. The summed E-state index contributed by atoms with van der Waals surface area (Å²) in [6.45, 7) is 3.12. The van der Waals surface area contributed by atoms with Crippen LogP contribution in [0.3, 0.4) is 0 Å². The van der Waals surface area contributed by atoms with Crippen molar-refractivity contribution < 1.29 is 47.5 Å². The minimum atomic E-state index is -0.445. The van der Waals surface area contributed by atoms with Crippen molar-refractivity contribution in [1.82, 2.24) is 10.2 Å². The number of methoxy groups -OCH3 is 6. The van der Waals surface area contributed by atoms with Gasteiger partial charge in [0.05, 0.1) is 67.0 Å². The van der Waals surface area contributed by atoms with Crippen molar-refractivity contribution >= 4 is 11.9 Å². The fraction of sp³-hybridized carbons (Fsp3) is 0.548. The molecular formula is C31H44N2O10. The molecule has 2 aromatic carbocycles. The van der Waals surface area contributed by atoms with E-state index in [9.17, 15) is 9.59 Å². The van der Waals surface area contributed by atoms with Crippen LogP contribution < -0.4 is 33.7 Å². The highest BCUT2D eigenvalue weighted by Gasteiger charge is 2.20. The van der Waals surface area contributed by atoms with E-state index in [0.717, 1.165) is 45.4 Å². The molecule has 2 aromatic rings. The topological polar surface area (TPSA) is 123 Å². The summed E-state index contributed by atoms with van der Waals surface area (Å²) in [7, 11) is 9.03. The summed E-state index contributed by atoms with van der Waals surface area (Å²) in [4.78, 5) is 27.5. The summed E-state index contributed by atoms with van der Waals surface area (Å²) >= 11 is 0. The second-order valence-corrected chi connectivity index (χ2v) is 9.92. The Balaban J connectivity index is 1.36. The zero-order chi connectivity index (χ0) is 31.2. The molecule has 1 atom stereocenters. The van der Waals surface area contributed by atoms with E-state index in [1.54, 1.807) is 24.3 Å². The molecule has 1 heterocycles. The Bertz CT molecular complexity index is 1060. The number of ether oxygens (including phenoxy) is 8. The minimum absolute atomic E-state index is 0.298. The fourth-order valence-electron chi connectivity index (χ4n) is 4.95. The monoisotopic (exact) mass is 604 g/mol. The van der Waals surface area contributed by atoms with Crippen LogP contribution in [-0.4, -0.2) is 98.5 Å². The number of hydrogen-bond donors (Lipinski definition) is 1. The lowest BCUT2D eigenvalue weighted by Gasteiger charge is -2.21. The van der Waals surface area contributed by atoms with Crippen molar-refractivity contribution in [2.75, 3.05) is 75.6 Å². The van der Waals surface area contributed by atoms with E-state index in [0.29, 0.717) is 71.3 Å². The first-order chi connectivity index (χ1) is 20.9. The summed E-state index contributed by atoms with van der Waals surface area (Å²) in [5, 5.41) is 3.60. The molecule has 1 aliphatic heterocycles. The van der Waals surface area contributed by atoms with Gasteiger partial charge in [0.1, 0.15) is 0 Å². The molecule has 1 saturated heterocycles. The number of benzene rings is 2. The lowest BCUT2D eigenvalue weighted by Crippen LogP contribution is -2.37. The van der Waals surface area contributed by atoms with Gasteiger partial charge in [0.2, 0.25) is 11.5 Å². The number of esters is 2. The SMILES string of the molecule is COc1cc(C(=O)OCCCC2CCCN(CCCOC(=O)c3cc(OC)c(OC)c(OC)c3)CN2)cc(OC)c1OC. The van der Waals surface area contributed by atoms with Crippen molar-refractivity contribution in [2.45, 2.75) is 38.1 Å². The highest BCUT2D eigenvalue weighted by atomic mass is 16.5. The molecule has 3 rings (SSSR count). The highest BCUT2D eigenvalue weighted by molar-refractivity contribution is 5.91. The Hall–Kier alpha value is -3.90. The van der Waals surface area contributed by atoms with Crippen LogP contribution in [0.15, 0.2) is 24.3 Å². The smallest absolute Gasteiger partial charge is 0.338 e. The van der Waals surface area contributed by atoms with Crippen molar-refractivity contribution in [3.05, 3.63) is 35.4 Å². The maximum absolute atomic E-state index is 12.6. The van der Waals surface area contributed by atoms with Gasteiger partial charge in [-0.15, -0.1) is 0 Å². The van der Waals surface area contributed by atoms with Gasteiger partial charge in [-0.05, 0) is 62.9 Å². The van der Waals surface area contributed by atoms with Crippen LogP contribution in [0, 0.1) is 0 Å². The lowest BCUT2D eigenvalue weighted by molar-refractivity contribution is 0.0478. The lowest BCUT2D eigenvalue weighted by atomic mass is 10.1. The van der Waals surface area contributed by atoms with Crippen LogP contribution in [0.4, 0.5) is 0 Å². The van der Waals surface area contributed by atoms with Gasteiger partial charge in [-0.25, -0.2) is 9.59 Å². The Labute approximate surface area is 253 Å². The molecule has 0 radical (unpaired) electrons. The largest absolute Gasteiger partial charge is 0.493 e. The van der Waals surface area contributed by atoms with Gasteiger partial charge in [-0.3, -0.25) is 4.90 Å². The van der Waals surface area contributed by atoms with Crippen molar-refractivity contribution in [2.24, 2.45) is 0 Å². The van der Waals surface area contributed by atoms with E-state index in [4.69, 9.17) is 37.9 Å². The van der Waals surface area contributed by atoms with Crippen LogP contribution in [0.1, 0.15) is 52.8 Å². The average Bonchev–Trinajstić information content (AvgIpc) is 3.28. The van der Waals surface area contributed by atoms with Crippen LogP contribution in [-0.2, 0) is 9.47 Å². The minimum Gasteiger partial charge on any atom is -0.493 e. The van der Waals surface area contributed by atoms with E-state index >= 15 is 0 Å². The molecule has 1 unspecified atom stereocenters. The van der Waals surface area contributed by atoms with Crippen LogP contribution >= 0.6 is 0 Å². The van der Waals surface area contributed by atoms with Gasteiger partial charge < -0.3 is 43.2 Å². The van der Waals surface area contributed by atoms with Crippen LogP contribution in [0.2, 0.25) is 0 Å². The molecule has 238 valence electrons. The number of rotatable bonds is 16. The van der Waals surface area contributed by atoms with Crippen LogP contribution in [0.25, 0.3) is 0 Å². The Morgan fingerprint density at radius 1 is 0.721 bits per heavy atom. The predicted molar refractivity (Wildman–Crippen MR) is 159 cm³/mol. The van der Waals surface area contributed by atoms with Crippen molar-refractivity contribution in [3.63, 3.8) is 0 Å². The second-order valence-electron chi connectivity index (χ2n) is 9.92. The van der Waals surface area contributed by atoms with Gasteiger partial charge in [0.15, 0.2) is 23.0 Å². The molecule has 12 nitrogen and oxygen atoms in total. The third kappa shape index (κ3) is 9.29. The number of nitrogens with zero attached hydrogens (tertiary/aromatic N) is 1. The van der Waals surface area contributed by atoms with Gasteiger partial charge in [0, 0.05) is 19.3 Å². The Morgan fingerprint density at radius 2 is 1.19 bits per heavy atom. The first-order valence-corrected chi connectivity index (χ1v) is 14.3. The molecule has 12 heteroatoms. The summed E-state index contributed by atoms with van der Waals surface area (Å²) in [6.07, 6.45) is 4.43. The average molecular weight is 605 g/mol. The molecule has 0 spiro atoms. The van der Waals surface area contributed by atoms with Gasteiger partial charge in [-0.1, -0.05) is 0 Å². The number of carbonyl (C=O) groups is 2. The third-order valence-electron chi connectivity index (χ3n) is 7.21. The summed E-state index contributed by atoms with van der Waals surface area (Å²) in [6, 6.07) is 6.66. The maximum Gasteiger partial charge on any atom is 0.338 e. The maximum atomic E-state index is 12.6.